The SMILES string of the molecule is O=C(CCC(NC(=O)OCc1ccccc1)C(=O)NCc1ccncc1)NCc1ccncc1. The molecule has 9 nitrogen and oxygen atoms in total. The van der Waals surface area contributed by atoms with Gasteiger partial charge in [0.25, 0.3) is 0 Å². The Morgan fingerprint density at radius 2 is 1.35 bits per heavy atom. The molecule has 3 N–H and O–H groups in total. The van der Waals surface area contributed by atoms with Gasteiger partial charge in [-0.3, -0.25) is 19.6 Å². The molecule has 3 amide bonds. The molecule has 0 aliphatic rings. The predicted octanol–water partition coefficient (Wildman–Crippen LogP) is 2.48. The van der Waals surface area contributed by atoms with Crippen molar-refractivity contribution in [1.29, 1.82) is 0 Å². The minimum absolute atomic E-state index is 0.0530. The van der Waals surface area contributed by atoms with Crippen LogP contribution >= 0.6 is 0 Å². The minimum atomic E-state index is -0.934. The van der Waals surface area contributed by atoms with Gasteiger partial charge in [0.05, 0.1) is 0 Å². The molecule has 2 heterocycles. The van der Waals surface area contributed by atoms with E-state index in [4.69, 9.17) is 4.74 Å². The van der Waals surface area contributed by atoms with Crippen LogP contribution in [0.4, 0.5) is 4.79 Å². The summed E-state index contributed by atoms with van der Waals surface area (Å²) >= 11 is 0. The van der Waals surface area contributed by atoms with Gasteiger partial charge >= 0.3 is 6.09 Å². The van der Waals surface area contributed by atoms with Crippen LogP contribution in [0.3, 0.4) is 0 Å². The third kappa shape index (κ3) is 8.70. The Kier molecular flexibility index (Phi) is 9.55. The lowest BCUT2D eigenvalue weighted by atomic mass is 10.1. The lowest BCUT2D eigenvalue weighted by Crippen LogP contribution is -2.47. The number of rotatable bonds is 11. The van der Waals surface area contributed by atoms with Gasteiger partial charge in [-0.2, -0.15) is 0 Å². The monoisotopic (exact) mass is 461 g/mol. The van der Waals surface area contributed by atoms with Crippen LogP contribution in [-0.4, -0.2) is 33.9 Å². The summed E-state index contributed by atoms with van der Waals surface area (Å²) in [5.74, 6) is -0.640. The zero-order valence-electron chi connectivity index (χ0n) is 18.6. The second kappa shape index (κ2) is 13.3. The van der Waals surface area contributed by atoms with E-state index in [0.717, 1.165) is 16.7 Å². The largest absolute Gasteiger partial charge is 0.445 e. The summed E-state index contributed by atoms with van der Waals surface area (Å²) in [4.78, 5) is 45.3. The lowest BCUT2D eigenvalue weighted by molar-refractivity contribution is -0.124. The van der Waals surface area contributed by atoms with Gasteiger partial charge in [-0.25, -0.2) is 4.79 Å². The van der Waals surface area contributed by atoms with Gasteiger partial charge in [0.15, 0.2) is 0 Å². The molecule has 1 aromatic carbocycles. The zero-order chi connectivity index (χ0) is 24.0. The fourth-order valence-electron chi connectivity index (χ4n) is 3.05. The number of alkyl carbamates (subject to hydrolysis) is 1. The van der Waals surface area contributed by atoms with Crippen LogP contribution in [0.15, 0.2) is 79.4 Å². The minimum Gasteiger partial charge on any atom is -0.445 e. The van der Waals surface area contributed by atoms with Crippen LogP contribution in [0.1, 0.15) is 29.5 Å². The maximum absolute atomic E-state index is 12.8. The summed E-state index contributed by atoms with van der Waals surface area (Å²) in [6.07, 6.45) is 5.99. The number of carbonyl (C=O) groups is 3. The summed E-state index contributed by atoms with van der Waals surface area (Å²) in [5, 5.41) is 8.16. The van der Waals surface area contributed by atoms with E-state index in [9.17, 15) is 14.4 Å². The molecule has 34 heavy (non-hydrogen) atoms. The van der Waals surface area contributed by atoms with Crippen molar-refractivity contribution in [2.75, 3.05) is 0 Å². The average molecular weight is 462 g/mol. The number of hydrogen-bond donors (Lipinski definition) is 3. The first-order valence-corrected chi connectivity index (χ1v) is 10.9. The fraction of sp³-hybridized carbons (Fsp3) is 0.240. The van der Waals surface area contributed by atoms with Gasteiger partial charge in [0, 0.05) is 44.3 Å². The quantitative estimate of drug-likeness (QED) is 0.403. The van der Waals surface area contributed by atoms with Gasteiger partial charge in [-0.15, -0.1) is 0 Å². The van der Waals surface area contributed by atoms with E-state index < -0.39 is 18.0 Å². The number of ether oxygens (including phenoxy) is 1. The molecule has 0 saturated carbocycles. The fourth-order valence-corrected chi connectivity index (χ4v) is 3.05. The molecule has 1 unspecified atom stereocenters. The maximum Gasteiger partial charge on any atom is 0.408 e. The van der Waals surface area contributed by atoms with E-state index in [-0.39, 0.29) is 31.9 Å². The Morgan fingerprint density at radius 3 is 1.97 bits per heavy atom. The Labute approximate surface area is 198 Å². The lowest BCUT2D eigenvalue weighted by Gasteiger charge is -2.18. The molecule has 9 heteroatoms. The van der Waals surface area contributed by atoms with Crippen molar-refractivity contribution in [3.05, 3.63) is 96.1 Å². The topological polar surface area (TPSA) is 122 Å². The predicted molar refractivity (Wildman–Crippen MR) is 125 cm³/mol. The summed E-state index contributed by atoms with van der Waals surface area (Å²) in [6.45, 7) is 0.698. The summed E-state index contributed by atoms with van der Waals surface area (Å²) in [7, 11) is 0. The normalized spacial score (nSPS) is 11.2. The molecule has 176 valence electrons. The Bertz CT molecular complexity index is 1050. The van der Waals surface area contributed by atoms with E-state index in [1.165, 1.54) is 0 Å². The van der Waals surface area contributed by atoms with Crippen molar-refractivity contribution in [1.82, 2.24) is 25.9 Å². The molecule has 2 aromatic heterocycles. The van der Waals surface area contributed by atoms with Crippen molar-refractivity contribution >= 4 is 17.9 Å². The number of nitrogens with one attached hydrogen (secondary N) is 3. The van der Waals surface area contributed by atoms with Crippen molar-refractivity contribution < 1.29 is 19.1 Å². The van der Waals surface area contributed by atoms with Crippen LogP contribution < -0.4 is 16.0 Å². The molecule has 0 bridgehead atoms. The van der Waals surface area contributed by atoms with E-state index in [1.54, 1.807) is 49.1 Å². The molecular weight excluding hydrogens is 434 g/mol. The molecule has 0 saturated heterocycles. The number of carbonyl (C=O) groups excluding carboxylic acids is 3. The smallest absolute Gasteiger partial charge is 0.408 e. The molecule has 1 atom stereocenters. The molecule has 0 fully saturated rings. The van der Waals surface area contributed by atoms with Crippen molar-refractivity contribution in [3.63, 3.8) is 0 Å². The first-order valence-electron chi connectivity index (χ1n) is 10.9. The summed E-state index contributed by atoms with van der Waals surface area (Å²) < 4.78 is 5.24. The third-order valence-electron chi connectivity index (χ3n) is 4.94. The molecule has 0 aliphatic carbocycles. The molecule has 0 aliphatic heterocycles. The van der Waals surface area contributed by atoms with Crippen molar-refractivity contribution in [2.24, 2.45) is 0 Å². The number of nitrogens with zero attached hydrogens (tertiary/aromatic N) is 2. The van der Waals surface area contributed by atoms with Gasteiger partial charge < -0.3 is 20.7 Å². The highest BCUT2D eigenvalue weighted by Gasteiger charge is 2.22. The van der Waals surface area contributed by atoms with Crippen LogP contribution in [-0.2, 0) is 34.0 Å². The first-order chi connectivity index (χ1) is 16.6. The summed E-state index contributed by atoms with van der Waals surface area (Å²) in [5.41, 5.74) is 2.60. The van der Waals surface area contributed by atoms with Crippen molar-refractivity contribution in [2.45, 2.75) is 38.6 Å². The third-order valence-corrected chi connectivity index (χ3v) is 4.94. The van der Waals surface area contributed by atoms with Gasteiger partial charge in [0.2, 0.25) is 11.8 Å². The van der Waals surface area contributed by atoms with E-state index in [0.29, 0.717) is 6.54 Å². The van der Waals surface area contributed by atoms with E-state index in [1.807, 2.05) is 30.3 Å². The maximum atomic E-state index is 12.8. The Morgan fingerprint density at radius 1 is 0.765 bits per heavy atom. The Hall–Kier alpha value is -4.27. The van der Waals surface area contributed by atoms with Crippen LogP contribution in [0.2, 0.25) is 0 Å². The average Bonchev–Trinajstić information content (AvgIpc) is 2.89. The number of pyridine rings is 2. The standard InChI is InChI=1S/C25H27N5O4/c31-23(28-16-19-8-12-26-13-9-19)7-6-22(24(32)29-17-20-10-14-27-15-11-20)30-25(33)34-18-21-4-2-1-3-5-21/h1-5,8-15,22H,6-7,16-18H2,(H,28,31)(H,29,32)(H,30,33). The summed E-state index contributed by atoms with van der Waals surface area (Å²) in [6, 6.07) is 15.5. The van der Waals surface area contributed by atoms with Gasteiger partial charge in [-0.1, -0.05) is 30.3 Å². The van der Waals surface area contributed by atoms with Crippen LogP contribution in [0, 0.1) is 0 Å². The molecule has 0 radical (unpaired) electrons. The highest BCUT2D eigenvalue weighted by atomic mass is 16.5. The second-order valence-electron chi connectivity index (χ2n) is 7.50. The van der Waals surface area contributed by atoms with Crippen LogP contribution in [0.25, 0.3) is 0 Å². The Balaban J connectivity index is 1.52. The number of amides is 3. The van der Waals surface area contributed by atoms with Crippen LogP contribution in [0.5, 0.6) is 0 Å². The number of aromatic nitrogens is 2. The van der Waals surface area contributed by atoms with E-state index >= 15 is 0 Å². The van der Waals surface area contributed by atoms with E-state index in [2.05, 4.69) is 25.9 Å². The second-order valence-corrected chi connectivity index (χ2v) is 7.50. The number of benzene rings is 1. The zero-order valence-corrected chi connectivity index (χ0v) is 18.6. The molecule has 3 aromatic rings. The highest BCUT2D eigenvalue weighted by Crippen LogP contribution is 2.05. The number of hydrogen-bond acceptors (Lipinski definition) is 6. The molecule has 3 rings (SSSR count). The van der Waals surface area contributed by atoms with Gasteiger partial charge in [0.1, 0.15) is 12.6 Å². The molecular formula is C25H27N5O4. The van der Waals surface area contributed by atoms with Crippen molar-refractivity contribution in [3.8, 4) is 0 Å². The first kappa shape index (κ1) is 24.4. The molecule has 0 spiro atoms. The highest BCUT2D eigenvalue weighted by molar-refractivity contribution is 5.86. The van der Waals surface area contributed by atoms with Gasteiger partial charge in [-0.05, 0) is 47.4 Å².